The van der Waals surface area contributed by atoms with Crippen LogP contribution in [-0.2, 0) is 26.8 Å². The number of aryl methyl sites for hydroxylation is 1. The van der Waals surface area contributed by atoms with Gasteiger partial charge in [-0.2, -0.15) is 4.98 Å². The fourth-order valence-electron chi connectivity index (χ4n) is 2.62. The van der Waals surface area contributed by atoms with E-state index >= 15 is 0 Å². The summed E-state index contributed by atoms with van der Waals surface area (Å²) in [7, 11) is -3.59. The highest BCUT2D eigenvalue weighted by Gasteiger charge is 2.25. The molecule has 0 atom stereocenters. The van der Waals surface area contributed by atoms with E-state index < -0.39 is 15.6 Å². The second-order valence-corrected chi connectivity index (χ2v) is 8.10. The van der Waals surface area contributed by atoms with E-state index in [2.05, 4.69) is 17.1 Å². The number of likely N-dealkylation sites (tertiary alicyclic amines) is 1. The lowest BCUT2D eigenvalue weighted by molar-refractivity contribution is -0.128. The summed E-state index contributed by atoms with van der Waals surface area (Å²) in [6.07, 6.45) is 6.68. The van der Waals surface area contributed by atoms with Crippen LogP contribution in [0.2, 0.25) is 0 Å². The molecule has 2 rings (SSSR count). The van der Waals surface area contributed by atoms with Crippen molar-refractivity contribution < 1.29 is 17.7 Å². The topological polar surface area (TPSA) is 93.4 Å². The molecule has 130 valence electrons. The fraction of sp³-hybridized carbons (Fsp3) is 0.800. The van der Waals surface area contributed by atoms with E-state index in [-0.39, 0.29) is 17.6 Å². The van der Waals surface area contributed by atoms with Gasteiger partial charge in [0.15, 0.2) is 15.7 Å². The minimum atomic E-state index is -3.59. The van der Waals surface area contributed by atoms with Crippen molar-refractivity contribution in [3.63, 3.8) is 0 Å². The predicted octanol–water partition coefficient (Wildman–Crippen LogP) is 1.73. The van der Waals surface area contributed by atoms with Crippen LogP contribution in [0.5, 0.6) is 0 Å². The van der Waals surface area contributed by atoms with Gasteiger partial charge in [0.25, 0.3) is 0 Å². The Morgan fingerprint density at radius 2 is 1.91 bits per heavy atom. The van der Waals surface area contributed by atoms with Crippen molar-refractivity contribution in [3.8, 4) is 0 Å². The van der Waals surface area contributed by atoms with Crippen LogP contribution in [0.4, 0.5) is 0 Å². The number of hydrogen-bond donors (Lipinski definition) is 0. The van der Waals surface area contributed by atoms with Crippen LogP contribution in [0.1, 0.15) is 57.2 Å². The van der Waals surface area contributed by atoms with E-state index in [9.17, 15) is 13.2 Å². The monoisotopic (exact) mass is 343 g/mol. The van der Waals surface area contributed by atoms with Crippen molar-refractivity contribution in [2.75, 3.05) is 18.8 Å². The summed E-state index contributed by atoms with van der Waals surface area (Å²) >= 11 is 0. The van der Waals surface area contributed by atoms with Crippen molar-refractivity contribution in [2.45, 2.75) is 57.6 Å². The highest BCUT2D eigenvalue weighted by molar-refractivity contribution is 7.91. The molecule has 7 nitrogen and oxygen atoms in total. The first-order valence-corrected chi connectivity index (χ1v) is 10.1. The normalized spacial score (nSPS) is 16.3. The number of sulfone groups is 1. The molecule has 1 saturated heterocycles. The molecule has 1 aromatic rings. The Kier molecular flexibility index (Phi) is 6.56. The van der Waals surface area contributed by atoms with Gasteiger partial charge >= 0.3 is 0 Å². The van der Waals surface area contributed by atoms with Crippen LogP contribution in [-0.4, -0.2) is 48.2 Å². The molecule has 1 aliphatic rings. The molecule has 1 amide bonds. The summed E-state index contributed by atoms with van der Waals surface area (Å²) in [5, 5.41) is 3.77. The van der Waals surface area contributed by atoms with E-state index in [1.54, 1.807) is 4.90 Å². The number of nitrogens with zero attached hydrogens (tertiary/aromatic N) is 3. The Hall–Kier alpha value is -1.44. The van der Waals surface area contributed by atoms with Crippen LogP contribution >= 0.6 is 0 Å². The van der Waals surface area contributed by atoms with Gasteiger partial charge in [0.2, 0.25) is 11.8 Å². The maximum absolute atomic E-state index is 12.2. The van der Waals surface area contributed by atoms with Crippen LogP contribution < -0.4 is 0 Å². The summed E-state index contributed by atoms with van der Waals surface area (Å²) < 4.78 is 29.4. The molecule has 0 bridgehead atoms. The molecule has 23 heavy (non-hydrogen) atoms. The van der Waals surface area contributed by atoms with Crippen molar-refractivity contribution >= 4 is 15.7 Å². The zero-order valence-electron chi connectivity index (χ0n) is 13.7. The van der Waals surface area contributed by atoms with Gasteiger partial charge in [0, 0.05) is 19.5 Å². The van der Waals surface area contributed by atoms with Crippen molar-refractivity contribution in [1.82, 2.24) is 15.0 Å². The van der Waals surface area contributed by atoms with E-state index in [4.69, 9.17) is 4.52 Å². The van der Waals surface area contributed by atoms with Gasteiger partial charge in [-0.1, -0.05) is 31.3 Å². The molecule has 1 aromatic heterocycles. The minimum absolute atomic E-state index is 0.0692. The zero-order valence-corrected chi connectivity index (χ0v) is 14.5. The second kappa shape index (κ2) is 8.42. The summed E-state index contributed by atoms with van der Waals surface area (Å²) in [5.41, 5.74) is 0. The Labute approximate surface area is 137 Å². The summed E-state index contributed by atoms with van der Waals surface area (Å²) in [6.45, 7) is 3.35. The Morgan fingerprint density at radius 3 is 2.57 bits per heavy atom. The minimum Gasteiger partial charge on any atom is -0.342 e. The molecule has 0 saturated carbocycles. The average molecular weight is 343 g/mol. The molecule has 0 aromatic carbocycles. The molecular formula is C15H25N3O4S. The van der Waals surface area contributed by atoms with E-state index in [0.717, 1.165) is 38.5 Å². The Bertz CT molecular complexity index is 604. The molecule has 8 heteroatoms. The average Bonchev–Trinajstić information content (AvgIpc) is 2.75. The molecule has 0 aliphatic carbocycles. The lowest BCUT2D eigenvalue weighted by atomic mass is 10.2. The van der Waals surface area contributed by atoms with Crippen LogP contribution in [0.3, 0.4) is 0 Å². The van der Waals surface area contributed by atoms with Crippen molar-refractivity contribution in [1.29, 1.82) is 0 Å². The third-order valence-electron chi connectivity index (χ3n) is 3.91. The number of carbonyl (C=O) groups is 1. The van der Waals surface area contributed by atoms with E-state index in [1.807, 2.05) is 0 Å². The van der Waals surface area contributed by atoms with Crippen LogP contribution in [0, 0.1) is 0 Å². The van der Waals surface area contributed by atoms with Gasteiger partial charge in [-0.05, 0) is 19.3 Å². The fourth-order valence-corrected chi connectivity index (χ4v) is 3.78. The smallest absolute Gasteiger partial charge is 0.241 e. The number of unbranched alkanes of at least 4 members (excludes halogenated alkanes) is 1. The number of amides is 1. The Morgan fingerprint density at radius 1 is 1.22 bits per heavy atom. The predicted molar refractivity (Wildman–Crippen MR) is 85.4 cm³/mol. The third kappa shape index (κ3) is 5.93. The van der Waals surface area contributed by atoms with Gasteiger partial charge in [-0.3, -0.25) is 4.79 Å². The Balaban J connectivity index is 1.90. The molecule has 1 aliphatic heterocycles. The first kappa shape index (κ1) is 17.9. The highest BCUT2D eigenvalue weighted by Crippen LogP contribution is 2.12. The lowest BCUT2D eigenvalue weighted by Crippen LogP contribution is -2.36. The third-order valence-corrected chi connectivity index (χ3v) is 5.28. The molecule has 0 unspecified atom stereocenters. The van der Waals surface area contributed by atoms with Crippen molar-refractivity contribution in [2.24, 2.45) is 0 Å². The van der Waals surface area contributed by atoms with E-state index in [0.29, 0.717) is 25.3 Å². The second-order valence-electron chi connectivity index (χ2n) is 6.04. The van der Waals surface area contributed by atoms with Gasteiger partial charge in [-0.25, -0.2) is 8.42 Å². The molecule has 1 fully saturated rings. The zero-order chi connectivity index (χ0) is 16.7. The highest BCUT2D eigenvalue weighted by atomic mass is 32.2. The van der Waals surface area contributed by atoms with Gasteiger partial charge in [-0.15, -0.1) is 0 Å². The largest absolute Gasteiger partial charge is 0.342 e. The first-order valence-electron chi connectivity index (χ1n) is 8.30. The lowest BCUT2D eigenvalue weighted by Gasteiger charge is -2.19. The summed E-state index contributed by atoms with van der Waals surface area (Å²) in [5.74, 6) is -0.584. The number of hydrogen-bond acceptors (Lipinski definition) is 6. The maximum atomic E-state index is 12.2. The first-order chi connectivity index (χ1) is 11.0. The number of carbonyl (C=O) groups excluding carboxylic acids is 1. The molecule has 0 radical (unpaired) electrons. The number of rotatable bonds is 7. The van der Waals surface area contributed by atoms with Crippen LogP contribution in [0.15, 0.2) is 4.52 Å². The summed E-state index contributed by atoms with van der Waals surface area (Å²) in [4.78, 5) is 17.9. The molecular weight excluding hydrogens is 318 g/mol. The standard InChI is InChI=1S/C15H25N3O4S/c1-2-3-8-13-16-14(22-17-13)11-23(20,21)12-15(19)18-9-6-4-5-7-10-18/h2-12H2,1H3. The van der Waals surface area contributed by atoms with Crippen molar-refractivity contribution in [3.05, 3.63) is 11.7 Å². The molecule has 0 spiro atoms. The quantitative estimate of drug-likeness (QED) is 0.748. The van der Waals surface area contributed by atoms with Gasteiger partial charge < -0.3 is 9.42 Å². The number of aromatic nitrogens is 2. The van der Waals surface area contributed by atoms with Gasteiger partial charge in [0.1, 0.15) is 11.5 Å². The van der Waals surface area contributed by atoms with E-state index in [1.165, 1.54) is 0 Å². The molecule has 2 heterocycles. The summed E-state index contributed by atoms with van der Waals surface area (Å²) in [6, 6.07) is 0. The van der Waals surface area contributed by atoms with Crippen LogP contribution in [0.25, 0.3) is 0 Å². The maximum Gasteiger partial charge on any atom is 0.241 e. The molecule has 0 N–H and O–H groups in total. The SMILES string of the molecule is CCCCc1noc(CS(=O)(=O)CC(=O)N2CCCCCC2)n1. The van der Waals surface area contributed by atoms with Gasteiger partial charge in [0.05, 0.1) is 0 Å².